The standard InChI is InChI=1S/C11H14O2/c1-7(2)11-6-8-5-9(12)3-4-10(8)13-11/h3-5,7,11-12H,6H2,1-2H3. The largest absolute Gasteiger partial charge is 0.508 e. The fraction of sp³-hybridized carbons (Fsp3) is 0.455. The fourth-order valence-electron chi connectivity index (χ4n) is 1.63. The molecule has 1 unspecified atom stereocenters. The lowest BCUT2D eigenvalue weighted by molar-refractivity contribution is 0.178. The highest BCUT2D eigenvalue weighted by Gasteiger charge is 2.25. The van der Waals surface area contributed by atoms with Crippen molar-refractivity contribution in [2.45, 2.75) is 26.4 Å². The lowest BCUT2D eigenvalue weighted by atomic mass is 10.0. The SMILES string of the molecule is CC(C)C1Cc2cc(O)ccc2O1. The van der Waals surface area contributed by atoms with Gasteiger partial charge < -0.3 is 9.84 Å². The molecule has 2 nitrogen and oxygen atoms in total. The van der Waals surface area contributed by atoms with E-state index in [0.29, 0.717) is 11.7 Å². The van der Waals surface area contributed by atoms with Crippen LogP contribution in [-0.2, 0) is 6.42 Å². The quantitative estimate of drug-likeness (QED) is 0.715. The highest BCUT2D eigenvalue weighted by molar-refractivity contribution is 5.42. The summed E-state index contributed by atoms with van der Waals surface area (Å²) >= 11 is 0. The average Bonchev–Trinajstić information content (AvgIpc) is 2.46. The van der Waals surface area contributed by atoms with Crippen LogP contribution >= 0.6 is 0 Å². The zero-order chi connectivity index (χ0) is 9.42. The second-order valence-electron chi connectivity index (χ2n) is 3.90. The van der Waals surface area contributed by atoms with E-state index in [2.05, 4.69) is 13.8 Å². The highest BCUT2D eigenvalue weighted by Crippen LogP contribution is 2.33. The third-order valence-electron chi connectivity index (χ3n) is 2.49. The van der Waals surface area contributed by atoms with Gasteiger partial charge in [0.1, 0.15) is 17.6 Å². The van der Waals surface area contributed by atoms with Crippen molar-refractivity contribution in [3.63, 3.8) is 0 Å². The Bertz CT molecular complexity index is 318. The number of rotatable bonds is 1. The van der Waals surface area contributed by atoms with Gasteiger partial charge in [-0.25, -0.2) is 0 Å². The van der Waals surface area contributed by atoms with Crippen LogP contribution in [0.5, 0.6) is 11.5 Å². The molecule has 13 heavy (non-hydrogen) atoms. The zero-order valence-electron chi connectivity index (χ0n) is 7.95. The molecule has 70 valence electrons. The number of phenolic OH excluding ortho intramolecular Hbond substituents is 1. The second kappa shape index (κ2) is 2.95. The molecule has 0 spiro atoms. The molecule has 2 rings (SSSR count). The number of benzene rings is 1. The molecule has 0 saturated carbocycles. The molecular formula is C11H14O2. The zero-order valence-corrected chi connectivity index (χ0v) is 7.95. The Morgan fingerprint density at radius 3 is 2.92 bits per heavy atom. The van der Waals surface area contributed by atoms with Gasteiger partial charge in [-0.2, -0.15) is 0 Å². The lowest BCUT2D eigenvalue weighted by Gasteiger charge is -2.13. The Kier molecular flexibility index (Phi) is 1.91. The molecule has 1 aliphatic heterocycles. The van der Waals surface area contributed by atoms with Gasteiger partial charge in [-0.3, -0.25) is 0 Å². The van der Waals surface area contributed by atoms with Crippen LogP contribution in [-0.4, -0.2) is 11.2 Å². The van der Waals surface area contributed by atoms with E-state index in [1.165, 1.54) is 0 Å². The lowest BCUT2D eigenvalue weighted by Crippen LogP contribution is -2.19. The van der Waals surface area contributed by atoms with E-state index in [4.69, 9.17) is 4.74 Å². The molecule has 1 atom stereocenters. The Labute approximate surface area is 78.2 Å². The molecule has 0 bridgehead atoms. The molecule has 1 aromatic carbocycles. The second-order valence-corrected chi connectivity index (χ2v) is 3.90. The fourth-order valence-corrected chi connectivity index (χ4v) is 1.63. The van der Waals surface area contributed by atoms with Gasteiger partial charge in [0, 0.05) is 12.0 Å². The molecule has 0 saturated heterocycles. The Hall–Kier alpha value is -1.18. The van der Waals surface area contributed by atoms with Crippen LogP contribution in [0.15, 0.2) is 18.2 Å². The predicted molar refractivity (Wildman–Crippen MR) is 51.1 cm³/mol. The summed E-state index contributed by atoms with van der Waals surface area (Å²) in [7, 11) is 0. The van der Waals surface area contributed by atoms with Crippen molar-refractivity contribution in [3.05, 3.63) is 23.8 Å². The van der Waals surface area contributed by atoms with Crippen LogP contribution in [0.2, 0.25) is 0 Å². The molecule has 2 heteroatoms. The maximum Gasteiger partial charge on any atom is 0.123 e. The summed E-state index contributed by atoms with van der Waals surface area (Å²) in [5, 5.41) is 9.27. The molecule has 0 aliphatic carbocycles. The Morgan fingerprint density at radius 1 is 1.46 bits per heavy atom. The number of fused-ring (bicyclic) bond motifs is 1. The average molecular weight is 178 g/mol. The van der Waals surface area contributed by atoms with Gasteiger partial charge in [0.05, 0.1) is 0 Å². The van der Waals surface area contributed by atoms with E-state index >= 15 is 0 Å². The summed E-state index contributed by atoms with van der Waals surface area (Å²) in [5.74, 6) is 1.78. The van der Waals surface area contributed by atoms with Crippen LogP contribution in [0.4, 0.5) is 0 Å². The maximum atomic E-state index is 9.27. The normalized spacial score (nSPS) is 20.1. The number of ether oxygens (including phenoxy) is 1. The van der Waals surface area contributed by atoms with Gasteiger partial charge in [-0.1, -0.05) is 13.8 Å². The van der Waals surface area contributed by atoms with Gasteiger partial charge in [0.2, 0.25) is 0 Å². The van der Waals surface area contributed by atoms with Crippen molar-refractivity contribution in [2.24, 2.45) is 5.92 Å². The van der Waals surface area contributed by atoms with Crippen molar-refractivity contribution < 1.29 is 9.84 Å². The van der Waals surface area contributed by atoms with E-state index in [-0.39, 0.29) is 6.10 Å². The summed E-state index contributed by atoms with van der Waals surface area (Å²) in [6.07, 6.45) is 1.19. The minimum atomic E-state index is 0.275. The van der Waals surface area contributed by atoms with E-state index in [1.54, 1.807) is 12.1 Å². The van der Waals surface area contributed by atoms with Crippen LogP contribution < -0.4 is 4.74 Å². The van der Waals surface area contributed by atoms with Crippen molar-refractivity contribution in [1.82, 2.24) is 0 Å². The number of phenols is 1. The molecular weight excluding hydrogens is 164 g/mol. The van der Waals surface area contributed by atoms with Gasteiger partial charge in [0.15, 0.2) is 0 Å². The number of aromatic hydroxyl groups is 1. The van der Waals surface area contributed by atoms with E-state index < -0.39 is 0 Å². The summed E-state index contributed by atoms with van der Waals surface area (Å²) < 4.78 is 5.71. The molecule has 1 aliphatic rings. The van der Waals surface area contributed by atoms with Gasteiger partial charge in [-0.15, -0.1) is 0 Å². The number of hydrogen-bond acceptors (Lipinski definition) is 2. The van der Waals surface area contributed by atoms with Crippen LogP contribution in [0, 0.1) is 5.92 Å². The first kappa shape index (κ1) is 8.42. The molecule has 1 aromatic rings. The van der Waals surface area contributed by atoms with E-state index in [9.17, 15) is 5.11 Å². The monoisotopic (exact) mass is 178 g/mol. The summed E-state index contributed by atoms with van der Waals surface area (Å²) in [4.78, 5) is 0. The first-order valence-electron chi connectivity index (χ1n) is 4.65. The van der Waals surface area contributed by atoms with Crippen LogP contribution in [0.25, 0.3) is 0 Å². The number of hydrogen-bond donors (Lipinski definition) is 1. The molecule has 0 amide bonds. The van der Waals surface area contributed by atoms with Crippen molar-refractivity contribution >= 4 is 0 Å². The van der Waals surface area contributed by atoms with Crippen molar-refractivity contribution in [2.75, 3.05) is 0 Å². The summed E-state index contributed by atoms with van der Waals surface area (Å²) in [6.45, 7) is 4.30. The van der Waals surface area contributed by atoms with Crippen molar-refractivity contribution in [1.29, 1.82) is 0 Å². The van der Waals surface area contributed by atoms with Crippen LogP contribution in [0.3, 0.4) is 0 Å². The third-order valence-corrected chi connectivity index (χ3v) is 2.49. The Balaban J connectivity index is 2.25. The maximum absolute atomic E-state index is 9.27. The smallest absolute Gasteiger partial charge is 0.123 e. The van der Waals surface area contributed by atoms with Crippen molar-refractivity contribution in [3.8, 4) is 11.5 Å². The van der Waals surface area contributed by atoms with E-state index in [0.717, 1.165) is 17.7 Å². The van der Waals surface area contributed by atoms with Crippen LogP contribution in [0.1, 0.15) is 19.4 Å². The molecule has 1 heterocycles. The molecule has 0 fully saturated rings. The highest BCUT2D eigenvalue weighted by atomic mass is 16.5. The summed E-state index contributed by atoms with van der Waals surface area (Å²) in [6, 6.07) is 5.30. The Morgan fingerprint density at radius 2 is 2.23 bits per heavy atom. The van der Waals surface area contributed by atoms with Gasteiger partial charge in [-0.05, 0) is 24.1 Å². The van der Waals surface area contributed by atoms with Gasteiger partial charge in [0.25, 0.3) is 0 Å². The van der Waals surface area contributed by atoms with E-state index in [1.807, 2.05) is 6.07 Å². The first-order chi connectivity index (χ1) is 6.16. The molecule has 0 radical (unpaired) electrons. The summed E-state index contributed by atoms with van der Waals surface area (Å²) in [5.41, 5.74) is 1.12. The third kappa shape index (κ3) is 1.48. The minimum Gasteiger partial charge on any atom is -0.508 e. The van der Waals surface area contributed by atoms with Gasteiger partial charge >= 0.3 is 0 Å². The minimum absolute atomic E-state index is 0.275. The predicted octanol–water partition coefficient (Wildman–Crippen LogP) is 2.35. The topological polar surface area (TPSA) is 29.5 Å². The first-order valence-corrected chi connectivity index (χ1v) is 4.65. The molecule has 1 N–H and O–H groups in total. The molecule has 0 aromatic heterocycles.